The highest BCUT2D eigenvalue weighted by atomic mass is 79.9. The molecule has 0 saturated heterocycles. The predicted octanol–water partition coefficient (Wildman–Crippen LogP) is 4.30. The van der Waals surface area contributed by atoms with Gasteiger partial charge in [-0.2, -0.15) is 0 Å². The van der Waals surface area contributed by atoms with E-state index in [4.69, 9.17) is 11.6 Å². The molecule has 0 N–H and O–H groups in total. The fourth-order valence-electron chi connectivity index (χ4n) is 1.27. The number of hydrogen-bond acceptors (Lipinski definition) is 3. The van der Waals surface area contributed by atoms with Crippen LogP contribution in [-0.2, 0) is 4.74 Å². The Kier molecular flexibility index (Phi) is 6.98. The standard InChI is InChI=1S/C8H7BrO2.C7H5ClO/c1-11-8(10)6-2-4-7(9)5-3-6;8-7(9)6-4-2-1-3-5-6/h2-5H,1H3;1-5H. The van der Waals surface area contributed by atoms with E-state index < -0.39 is 5.24 Å². The zero-order valence-corrected chi connectivity index (χ0v) is 13.0. The monoisotopic (exact) mass is 354 g/mol. The third-order valence-electron chi connectivity index (χ3n) is 2.27. The van der Waals surface area contributed by atoms with Crippen molar-refractivity contribution in [3.63, 3.8) is 0 Å². The maximum atomic E-state index is 10.9. The minimum absolute atomic E-state index is 0.308. The number of rotatable bonds is 2. The van der Waals surface area contributed by atoms with E-state index in [0.717, 1.165) is 4.47 Å². The van der Waals surface area contributed by atoms with Gasteiger partial charge in [-0.3, -0.25) is 4.79 Å². The van der Waals surface area contributed by atoms with Gasteiger partial charge in [-0.1, -0.05) is 46.3 Å². The number of halogens is 2. The molecule has 0 spiro atoms. The first-order chi connectivity index (χ1) is 9.54. The molecule has 2 aromatic rings. The van der Waals surface area contributed by atoms with Crippen molar-refractivity contribution >= 4 is 38.7 Å². The van der Waals surface area contributed by atoms with Crippen molar-refractivity contribution in [2.45, 2.75) is 0 Å². The molecule has 2 rings (SSSR count). The van der Waals surface area contributed by atoms with Gasteiger partial charge in [0.1, 0.15) is 0 Å². The van der Waals surface area contributed by atoms with Crippen LogP contribution in [0.25, 0.3) is 0 Å². The molecule has 0 aliphatic carbocycles. The second-order valence-corrected chi connectivity index (χ2v) is 4.90. The zero-order chi connectivity index (χ0) is 15.0. The lowest BCUT2D eigenvalue weighted by Crippen LogP contribution is -1.99. The van der Waals surface area contributed by atoms with Crippen molar-refractivity contribution in [3.05, 3.63) is 70.2 Å². The van der Waals surface area contributed by atoms with Crippen LogP contribution in [0.3, 0.4) is 0 Å². The Morgan fingerprint density at radius 1 is 0.950 bits per heavy atom. The van der Waals surface area contributed by atoms with Crippen molar-refractivity contribution in [2.24, 2.45) is 0 Å². The fourth-order valence-corrected chi connectivity index (χ4v) is 1.66. The highest BCUT2D eigenvalue weighted by Crippen LogP contribution is 2.10. The molecule has 0 saturated carbocycles. The summed E-state index contributed by atoms with van der Waals surface area (Å²) in [5.74, 6) is -0.308. The lowest BCUT2D eigenvalue weighted by Gasteiger charge is -1.97. The molecule has 3 nitrogen and oxygen atoms in total. The number of esters is 1. The van der Waals surface area contributed by atoms with Crippen LogP contribution < -0.4 is 0 Å². The van der Waals surface area contributed by atoms with Gasteiger partial charge < -0.3 is 4.74 Å². The van der Waals surface area contributed by atoms with E-state index in [1.165, 1.54) is 7.11 Å². The van der Waals surface area contributed by atoms with E-state index in [9.17, 15) is 9.59 Å². The number of methoxy groups -OCH3 is 1. The first-order valence-electron chi connectivity index (χ1n) is 5.63. The van der Waals surface area contributed by atoms with Crippen LogP contribution in [0.5, 0.6) is 0 Å². The molecule has 5 heteroatoms. The minimum atomic E-state index is -0.407. The lowest BCUT2D eigenvalue weighted by molar-refractivity contribution is 0.0600. The molecule has 2 aromatic carbocycles. The average Bonchev–Trinajstić information content (AvgIpc) is 2.49. The maximum Gasteiger partial charge on any atom is 0.337 e. The van der Waals surface area contributed by atoms with Crippen molar-refractivity contribution < 1.29 is 14.3 Å². The van der Waals surface area contributed by atoms with E-state index in [0.29, 0.717) is 11.1 Å². The fraction of sp³-hybridized carbons (Fsp3) is 0.0667. The predicted molar refractivity (Wildman–Crippen MR) is 82.1 cm³/mol. The number of ether oxygens (including phenoxy) is 1. The van der Waals surface area contributed by atoms with Crippen molar-refractivity contribution in [2.75, 3.05) is 7.11 Å². The lowest BCUT2D eigenvalue weighted by atomic mass is 10.2. The highest BCUT2D eigenvalue weighted by molar-refractivity contribution is 9.10. The van der Waals surface area contributed by atoms with Gasteiger partial charge in [0.2, 0.25) is 0 Å². The van der Waals surface area contributed by atoms with Gasteiger partial charge in [0.25, 0.3) is 5.24 Å². The van der Waals surface area contributed by atoms with Gasteiger partial charge in [0, 0.05) is 10.0 Å². The van der Waals surface area contributed by atoms with Gasteiger partial charge in [-0.15, -0.1) is 0 Å². The SMILES string of the molecule is COC(=O)c1ccc(Br)cc1.O=C(Cl)c1ccccc1. The molecule has 20 heavy (non-hydrogen) atoms. The largest absolute Gasteiger partial charge is 0.465 e. The molecule has 0 unspecified atom stereocenters. The minimum Gasteiger partial charge on any atom is -0.465 e. The highest BCUT2D eigenvalue weighted by Gasteiger charge is 2.02. The molecule has 0 aromatic heterocycles. The summed E-state index contributed by atoms with van der Waals surface area (Å²) in [5.41, 5.74) is 1.11. The number of hydrogen-bond donors (Lipinski definition) is 0. The molecule has 0 aliphatic heterocycles. The Bertz CT molecular complexity index is 567. The van der Waals surface area contributed by atoms with Crippen LogP contribution >= 0.6 is 27.5 Å². The van der Waals surface area contributed by atoms with E-state index >= 15 is 0 Å². The summed E-state index contributed by atoms with van der Waals surface area (Å²) in [6.45, 7) is 0. The first-order valence-corrected chi connectivity index (χ1v) is 6.80. The number of carbonyl (C=O) groups excluding carboxylic acids is 2. The van der Waals surface area contributed by atoms with Gasteiger partial charge in [0.05, 0.1) is 12.7 Å². The van der Waals surface area contributed by atoms with Crippen molar-refractivity contribution in [3.8, 4) is 0 Å². The quantitative estimate of drug-likeness (QED) is 0.596. The van der Waals surface area contributed by atoms with E-state index in [1.54, 1.807) is 48.5 Å². The summed E-state index contributed by atoms with van der Waals surface area (Å²) >= 11 is 8.43. The van der Waals surface area contributed by atoms with Crippen LogP contribution in [0.2, 0.25) is 0 Å². The molecular formula is C15H12BrClO3. The zero-order valence-electron chi connectivity index (χ0n) is 10.7. The third-order valence-corrected chi connectivity index (χ3v) is 3.01. The van der Waals surface area contributed by atoms with Crippen LogP contribution in [0.4, 0.5) is 0 Å². The van der Waals surface area contributed by atoms with Crippen LogP contribution in [0, 0.1) is 0 Å². The second-order valence-electron chi connectivity index (χ2n) is 3.64. The van der Waals surface area contributed by atoms with Crippen molar-refractivity contribution in [1.82, 2.24) is 0 Å². The maximum absolute atomic E-state index is 10.9. The van der Waals surface area contributed by atoms with Gasteiger partial charge >= 0.3 is 5.97 Å². The molecule has 0 bridgehead atoms. The van der Waals surface area contributed by atoms with Crippen LogP contribution in [0.15, 0.2) is 59.1 Å². The Labute approximate surface area is 130 Å². The molecule has 0 atom stereocenters. The number of carbonyl (C=O) groups is 2. The Balaban J connectivity index is 0.000000204. The van der Waals surface area contributed by atoms with E-state index in [1.807, 2.05) is 6.07 Å². The summed E-state index contributed by atoms with van der Waals surface area (Å²) in [5, 5.41) is -0.407. The summed E-state index contributed by atoms with van der Waals surface area (Å²) in [6.07, 6.45) is 0. The summed E-state index contributed by atoms with van der Waals surface area (Å²) in [4.78, 5) is 21.3. The molecular weight excluding hydrogens is 344 g/mol. The summed E-state index contributed by atoms with van der Waals surface area (Å²) < 4.78 is 5.47. The molecule has 0 radical (unpaired) electrons. The molecule has 104 valence electrons. The van der Waals surface area contributed by atoms with Crippen LogP contribution in [-0.4, -0.2) is 18.3 Å². The summed E-state index contributed by atoms with van der Waals surface area (Å²) in [7, 11) is 1.37. The molecule has 0 heterocycles. The smallest absolute Gasteiger partial charge is 0.337 e. The van der Waals surface area contributed by atoms with Gasteiger partial charge in [-0.05, 0) is 35.9 Å². The van der Waals surface area contributed by atoms with Crippen molar-refractivity contribution in [1.29, 1.82) is 0 Å². The van der Waals surface area contributed by atoms with Gasteiger partial charge in [-0.25, -0.2) is 4.79 Å². The topological polar surface area (TPSA) is 43.4 Å². The second kappa shape index (κ2) is 8.51. The molecule has 0 amide bonds. The third kappa shape index (κ3) is 5.55. The summed E-state index contributed by atoms with van der Waals surface area (Å²) in [6, 6.07) is 15.7. The Morgan fingerprint density at radius 3 is 1.90 bits per heavy atom. The van der Waals surface area contributed by atoms with E-state index in [-0.39, 0.29) is 5.97 Å². The number of benzene rings is 2. The van der Waals surface area contributed by atoms with E-state index in [2.05, 4.69) is 20.7 Å². The first kappa shape index (κ1) is 16.4. The average molecular weight is 356 g/mol. The van der Waals surface area contributed by atoms with Crippen LogP contribution in [0.1, 0.15) is 20.7 Å². The van der Waals surface area contributed by atoms with Gasteiger partial charge in [0.15, 0.2) is 0 Å². The normalized spacial score (nSPS) is 9.15. The Morgan fingerprint density at radius 2 is 1.50 bits per heavy atom. The Hall–Kier alpha value is -1.65. The molecule has 0 fully saturated rings. The molecule has 0 aliphatic rings.